The van der Waals surface area contributed by atoms with Crippen molar-refractivity contribution in [3.8, 4) is 0 Å². The average molecular weight is 211 g/mol. The van der Waals surface area contributed by atoms with E-state index in [1.807, 2.05) is 0 Å². The Balaban J connectivity index is 3.39. The van der Waals surface area contributed by atoms with Gasteiger partial charge in [-0.25, -0.2) is 0 Å². The van der Waals surface area contributed by atoms with Gasteiger partial charge in [-0.2, -0.15) is 0 Å². The molecule has 0 unspecified atom stereocenters. The normalized spacial score (nSPS) is 11.6. The Labute approximate surface area is 94.1 Å². The zero-order valence-electron chi connectivity index (χ0n) is 10.5. The van der Waals surface area contributed by atoms with Gasteiger partial charge >= 0.3 is 0 Å². The highest BCUT2D eigenvalue weighted by Crippen LogP contribution is 2.00. The van der Waals surface area contributed by atoms with Crippen LogP contribution in [0.5, 0.6) is 0 Å². The highest BCUT2D eigenvalue weighted by Gasteiger charge is 2.00. The lowest BCUT2D eigenvalue weighted by Crippen LogP contribution is -2.26. The van der Waals surface area contributed by atoms with Crippen LogP contribution in [0.4, 0.5) is 0 Å². The van der Waals surface area contributed by atoms with Crippen molar-refractivity contribution in [3.05, 3.63) is 12.2 Å². The molecule has 2 heteroatoms. The zero-order chi connectivity index (χ0) is 11.7. The van der Waals surface area contributed by atoms with Gasteiger partial charge < -0.3 is 5.32 Å². The van der Waals surface area contributed by atoms with E-state index in [0.717, 1.165) is 19.4 Å². The zero-order valence-corrected chi connectivity index (χ0v) is 10.5. The van der Waals surface area contributed by atoms with Crippen LogP contribution in [-0.2, 0) is 4.79 Å². The minimum Gasteiger partial charge on any atom is -0.356 e. The molecule has 0 heterocycles. The quantitative estimate of drug-likeness (QED) is 0.508. The van der Waals surface area contributed by atoms with Gasteiger partial charge in [-0.15, -0.1) is 0 Å². The van der Waals surface area contributed by atoms with Crippen LogP contribution in [0.3, 0.4) is 0 Å². The molecule has 88 valence electrons. The number of unbranched alkanes of at least 4 members (excludes halogenated alkanes) is 1. The molecular formula is C13H25NO. The topological polar surface area (TPSA) is 29.1 Å². The van der Waals surface area contributed by atoms with E-state index in [-0.39, 0.29) is 5.91 Å². The summed E-state index contributed by atoms with van der Waals surface area (Å²) in [4.78, 5) is 11.3. The van der Waals surface area contributed by atoms with Gasteiger partial charge in [0, 0.05) is 13.0 Å². The number of amides is 1. The molecule has 0 spiro atoms. The summed E-state index contributed by atoms with van der Waals surface area (Å²) in [5.74, 6) is 1.33. The maximum absolute atomic E-state index is 11.3. The fraction of sp³-hybridized carbons (Fsp3) is 0.769. The molecule has 0 aliphatic rings. The van der Waals surface area contributed by atoms with Crippen molar-refractivity contribution in [2.75, 3.05) is 6.54 Å². The molecule has 1 N–H and O–H groups in total. The number of carbonyl (C=O) groups is 1. The summed E-state index contributed by atoms with van der Waals surface area (Å²) in [6, 6.07) is 0. The Kier molecular flexibility index (Phi) is 8.06. The maximum atomic E-state index is 11.3. The summed E-state index contributed by atoms with van der Waals surface area (Å²) in [5.41, 5.74) is 0. The minimum absolute atomic E-state index is 0.182. The van der Waals surface area contributed by atoms with Crippen LogP contribution in [0.2, 0.25) is 0 Å². The molecule has 0 rings (SSSR count). The van der Waals surface area contributed by atoms with E-state index in [1.54, 1.807) is 0 Å². The number of nitrogens with one attached hydrogen (secondary N) is 1. The summed E-state index contributed by atoms with van der Waals surface area (Å²) in [5, 5.41) is 2.92. The first-order valence-electron chi connectivity index (χ1n) is 5.95. The van der Waals surface area contributed by atoms with Crippen LogP contribution < -0.4 is 5.32 Å². The third-order valence-corrected chi connectivity index (χ3v) is 2.00. The van der Waals surface area contributed by atoms with Crippen LogP contribution in [0.15, 0.2) is 12.2 Å². The second-order valence-corrected chi connectivity index (χ2v) is 4.76. The first-order valence-corrected chi connectivity index (χ1v) is 5.95. The molecule has 15 heavy (non-hydrogen) atoms. The Morgan fingerprint density at radius 1 is 1.27 bits per heavy atom. The molecule has 0 aliphatic carbocycles. The fourth-order valence-electron chi connectivity index (χ4n) is 1.16. The van der Waals surface area contributed by atoms with Crippen LogP contribution in [-0.4, -0.2) is 12.5 Å². The van der Waals surface area contributed by atoms with Crippen molar-refractivity contribution in [1.29, 1.82) is 0 Å². The van der Waals surface area contributed by atoms with Gasteiger partial charge in [0.2, 0.25) is 5.91 Å². The lowest BCUT2D eigenvalue weighted by Gasteiger charge is -2.06. The van der Waals surface area contributed by atoms with Gasteiger partial charge in [0.15, 0.2) is 0 Å². The predicted octanol–water partition coefficient (Wildman–Crippen LogP) is 3.14. The highest BCUT2D eigenvalue weighted by molar-refractivity contribution is 5.75. The summed E-state index contributed by atoms with van der Waals surface area (Å²) < 4.78 is 0. The van der Waals surface area contributed by atoms with Crippen molar-refractivity contribution in [2.45, 2.75) is 47.0 Å². The van der Waals surface area contributed by atoms with Crippen molar-refractivity contribution in [3.63, 3.8) is 0 Å². The lowest BCUT2D eigenvalue weighted by molar-refractivity contribution is -0.121. The minimum atomic E-state index is 0.182. The standard InChI is InChI=1S/C13H25NO/c1-11(2)8-6-5-7-9-13(15)14-10-12(3)4/h6,8,11-12H,5,7,9-10H2,1-4H3,(H,14,15). The third-order valence-electron chi connectivity index (χ3n) is 2.00. The maximum Gasteiger partial charge on any atom is 0.220 e. The van der Waals surface area contributed by atoms with Crippen molar-refractivity contribution < 1.29 is 4.79 Å². The van der Waals surface area contributed by atoms with Crippen LogP contribution in [0, 0.1) is 11.8 Å². The molecule has 0 fully saturated rings. The van der Waals surface area contributed by atoms with Gasteiger partial charge in [-0.05, 0) is 24.7 Å². The smallest absolute Gasteiger partial charge is 0.220 e. The SMILES string of the molecule is CC(C)C=CCCCC(=O)NCC(C)C. The van der Waals surface area contributed by atoms with E-state index >= 15 is 0 Å². The molecule has 0 aromatic heterocycles. The molecule has 0 aromatic carbocycles. The monoisotopic (exact) mass is 211 g/mol. The molecule has 0 bridgehead atoms. The Bertz CT molecular complexity index is 195. The Morgan fingerprint density at radius 3 is 2.47 bits per heavy atom. The van der Waals surface area contributed by atoms with Gasteiger partial charge in [-0.3, -0.25) is 4.79 Å². The summed E-state index contributed by atoms with van der Waals surface area (Å²) in [6.07, 6.45) is 6.96. The number of hydrogen-bond donors (Lipinski definition) is 1. The Morgan fingerprint density at radius 2 is 1.93 bits per heavy atom. The summed E-state index contributed by atoms with van der Waals surface area (Å²) >= 11 is 0. The van der Waals surface area contributed by atoms with E-state index in [2.05, 4.69) is 45.2 Å². The van der Waals surface area contributed by atoms with E-state index in [4.69, 9.17) is 0 Å². The van der Waals surface area contributed by atoms with E-state index in [9.17, 15) is 4.79 Å². The van der Waals surface area contributed by atoms with E-state index in [0.29, 0.717) is 18.3 Å². The second-order valence-electron chi connectivity index (χ2n) is 4.76. The van der Waals surface area contributed by atoms with Crippen molar-refractivity contribution in [1.82, 2.24) is 5.32 Å². The number of carbonyl (C=O) groups excluding carboxylic acids is 1. The summed E-state index contributed by atoms with van der Waals surface area (Å²) in [6.45, 7) is 9.32. The highest BCUT2D eigenvalue weighted by atomic mass is 16.1. The van der Waals surface area contributed by atoms with Gasteiger partial charge in [0.05, 0.1) is 0 Å². The average Bonchev–Trinajstić information content (AvgIpc) is 2.13. The first-order chi connectivity index (χ1) is 7.02. The van der Waals surface area contributed by atoms with Crippen LogP contribution >= 0.6 is 0 Å². The molecule has 1 amide bonds. The predicted molar refractivity (Wildman–Crippen MR) is 65.7 cm³/mol. The molecule has 0 atom stereocenters. The fourth-order valence-corrected chi connectivity index (χ4v) is 1.16. The van der Waals surface area contributed by atoms with Crippen LogP contribution in [0.1, 0.15) is 47.0 Å². The third kappa shape index (κ3) is 11.1. The Hall–Kier alpha value is -0.790. The largest absolute Gasteiger partial charge is 0.356 e. The molecule has 0 saturated heterocycles. The first kappa shape index (κ1) is 14.2. The van der Waals surface area contributed by atoms with E-state index < -0.39 is 0 Å². The van der Waals surface area contributed by atoms with Crippen molar-refractivity contribution >= 4 is 5.91 Å². The molecule has 2 nitrogen and oxygen atoms in total. The van der Waals surface area contributed by atoms with Crippen LogP contribution in [0.25, 0.3) is 0 Å². The number of rotatable bonds is 7. The second kappa shape index (κ2) is 8.51. The number of hydrogen-bond acceptors (Lipinski definition) is 1. The molecule has 0 saturated carbocycles. The lowest BCUT2D eigenvalue weighted by atomic mass is 10.1. The number of allylic oxidation sites excluding steroid dienone is 2. The summed E-state index contributed by atoms with van der Waals surface area (Å²) in [7, 11) is 0. The molecule has 0 aliphatic heterocycles. The van der Waals surface area contributed by atoms with Gasteiger partial charge in [0.25, 0.3) is 0 Å². The van der Waals surface area contributed by atoms with Crippen molar-refractivity contribution in [2.24, 2.45) is 11.8 Å². The van der Waals surface area contributed by atoms with E-state index in [1.165, 1.54) is 0 Å². The molecule has 0 aromatic rings. The van der Waals surface area contributed by atoms with Gasteiger partial charge in [-0.1, -0.05) is 39.8 Å². The molecule has 0 radical (unpaired) electrons. The van der Waals surface area contributed by atoms with Gasteiger partial charge in [0.1, 0.15) is 0 Å². The molecular weight excluding hydrogens is 186 g/mol.